The second-order valence-electron chi connectivity index (χ2n) is 4.77. The smallest absolute Gasteiger partial charge is 0.175 e. The third-order valence-corrected chi connectivity index (χ3v) is 4.29. The van der Waals surface area contributed by atoms with Gasteiger partial charge in [0.1, 0.15) is 0 Å². The monoisotopic (exact) mass is 304 g/mol. The Morgan fingerprint density at radius 2 is 2.35 bits per heavy atom. The first kappa shape index (κ1) is 13.5. The number of ether oxygens (including phenoxy) is 1. The Balaban J connectivity index is 1.73. The Labute approximate surface area is 128 Å². The van der Waals surface area contributed by atoms with Crippen molar-refractivity contribution in [1.82, 2.24) is 4.90 Å². The second-order valence-corrected chi connectivity index (χ2v) is 5.94. The van der Waals surface area contributed by atoms with Gasteiger partial charge in [0.05, 0.1) is 6.61 Å². The summed E-state index contributed by atoms with van der Waals surface area (Å²) in [5.74, 6) is 0. The number of thiophene rings is 1. The maximum absolute atomic E-state index is 5.80. The van der Waals surface area contributed by atoms with E-state index in [1.807, 2.05) is 12.1 Å². The van der Waals surface area contributed by atoms with Gasteiger partial charge in [0.15, 0.2) is 11.3 Å². The first-order chi connectivity index (χ1) is 9.74. The molecule has 1 aliphatic heterocycles. The summed E-state index contributed by atoms with van der Waals surface area (Å²) in [4.78, 5) is 2.10. The zero-order valence-corrected chi connectivity index (χ0v) is 12.8. The van der Waals surface area contributed by atoms with Gasteiger partial charge in [-0.3, -0.25) is 0 Å². The summed E-state index contributed by atoms with van der Waals surface area (Å²) < 4.78 is 5.80. The average molecular weight is 304 g/mol. The van der Waals surface area contributed by atoms with Crippen molar-refractivity contribution in [3.8, 4) is 0 Å². The zero-order chi connectivity index (χ0) is 13.9. The van der Waals surface area contributed by atoms with Gasteiger partial charge >= 0.3 is 0 Å². The Morgan fingerprint density at radius 3 is 3.10 bits per heavy atom. The predicted octanol–water partition coefficient (Wildman–Crippen LogP) is 3.78. The molecule has 2 aromatic rings. The van der Waals surface area contributed by atoms with Crippen LogP contribution in [-0.2, 0) is 4.74 Å². The van der Waals surface area contributed by atoms with Crippen LogP contribution in [0, 0.1) is 6.92 Å². The molecule has 1 atom stereocenters. The third kappa shape index (κ3) is 2.85. The number of nitrogens with one attached hydrogen (secondary N) is 1. The van der Waals surface area contributed by atoms with E-state index in [1.165, 1.54) is 11.1 Å². The molecule has 0 radical (unpaired) electrons. The molecule has 3 rings (SSSR count). The lowest BCUT2D eigenvalue weighted by molar-refractivity contribution is 0.0646. The topological polar surface area (TPSA) is 24.5 Å². The van der Waals surface area contributed by atoms with Crippen molar-refractivity contribution in [2.75, 3.05) is 18.5 Å². The molecule has 1 aliphatic rings. The van der Waals surface area contributed by atoms with E-state index in [0.29, 0.717) is 11.7 Å². The molecule has 20 heavy (non-hydrogen) atoms. The second kappa shape index (κ2) is 5.91. The number of hydrogen-bond donors (Lipinski definition) is 1. The maximum atomic E-state index is 5.80. The highest BCUT2D eigenvalue weighted by molar-refractivity contribution is 7.80. The molecule has 1 saturated heterocycles. The largest absolute Gasteiger partial charge is 0.352 e. The molecule has 1 fully saturated rings. The van der Waals surface area contributed by atoms with Gasteiger partial charge in [0.25, 0.3) is 0 Å². The summed E-state index contributed by atoms with van der Waals surface area (Å²) >= 11 is 7.20. The molecule has 0 bridgehead atoms. The highest BCUT2D eigenvalue weighted by Crippen LogP contribution is 2.29. The van der Waals surface area contributed by atoms with Crippen LogP contribution in [0.3, 0.4) is 0 Å². The third-order valence-electron chi connectivity index (χ3n) is 3.25. The summed E-state index contributed by atoms with van der Waals surface area (Å²) in [7, 11) is 0. The Kier molecular flexibility index (Phi) is 4.00. The highest BCUT2D eigenvalue weighted by atomic mass is 32.1. The molecule has 1 aromatic heterocycles. The van der Waals surface area contributed by atoms with Gasteiger partial charge in [-0.1, -0.05) is 12.1 Å². The van der Waals surface area contributed by atoms with E-state index in [1.54, 1.807) is 11.3 Å². The molecule has 5 heteroatoms. The SMILES string of the molecule is Cc1cccc(NC(=S)N2CCO[C@@H]2c2ccsc2)c1. The lowest BCUT2D eigenvalue weighted by Crippen LogP contribution is -2.34. The summed E-state index contributed by atoms with van der Waals surface area (Å²) in [5, 5.41) is 8.18. The van der Waals surface area contributed by atoms with Crippen LogP contribution >= 0.6 is 23.6 Å². The average Bonchev–Trinajstić information content (AvgIpc) is 3.09. The van der Waals surface area contributed by atoms with Gasteiger partial charge in [-0.05, 0) is 53.7 Å². The standard InChI is InChI=1S/C15H16N2OS2/c1-11-3-2-4-13(9-11)16-15(19)17-6-7-18-14(17)12-5-8-20-10-12/h2-5,8-10,14H,6-7H2,1H3,(H,16,19)/t14-/m1/s1. The molecule has 3 nitrogen and oxygen atoms in total. The van der Waals surface area contributed by atoms with E-state index in [0.717, 1.165) is 12.2 Å². The van der Waals surface area contributed by atoms with Crippen LogP contribution in [0.2, 0.25) is 0 Å². The Morgan fingerprint density at radius 1 is 1.45 bits per heavy atom. The van der Waals surface area contributed by atoms with Crippen molar-refractivity contribution in [3.05, 3.63) is 52.2 Å². The predicted molar refractivity (Wildman–Crippen MR) is 87.1 cm³/mol. The molecular weight excluding hydrogens is 288 g/mol. The van der Waals surface area contributed by atoms with Crippen LogP contribution in [0.25, 0.3) is 0 Å². The van der Waals surface area contributed by atoms with Crippen LogP contribution in [0.4, 0.5) is 5.69 Å². The van der Waals surface area contributed by atoms with Crippen LogP contribution in [0.1, 0.15) is 17.4 Å². The fraction of sp³-hybridized carbons (Fsp3) is 0.267. The van der Waals surface area contributed by atoms with Crippen molar-refractivity contribution in [3.63, 3.8) is 0 Å². The van der Waals surface area contributed by atoms with Gasteiger partial charge in [-0.15, -0.1) is 0 Å². The zero-order valence-electron chi connectivity index (χ0n) is 11.2. The van der Waals surface area contributed by atoms with E-state index in [2.05, 4.69) is 46.1 Å². The van der Waals surface area contributed by atoms with Crippen molar-refractivity contribution < 1.29 is 4.74 Å². The van der Waals surface area contributed by atoms with Crippen molar-refractivity contribution in [1.29, 1.82) is 0 Å². The van der Waals surface area contributed by atoms with E-state index in [-0.39, 0.29) is 6.23 Å². The first-order valence-electron chi connectivity index (χ1n) is 6.52. The van der Waals surface area contributed by atoms with Crippen LogP contribution < -0.4 is 5.32 Å². The van der Waals surface area contributed by atoms with Crippen LogP contribution in [0.15, 0.2) is 41.1 Å². The summed E-state index contributed by atoms with van der Waals surface area (Å²) in [6.07, 6.45) is -0.0638. The van der Waals surface area contributed by atoms with E-state index in [4.69, 9.17) is 17.0 Å². The van der Waals surface area contributed by atoms with Crippen LogP contribution in [-0.4, -0.2) is 23.2 Å². The minimum absolute atomic E-state index is 0.0638. The lowest BCUT2D eigenvalue weighted by atomic mass is 10.2. The van der Waals surface area contributed by atoms with Gasteiger partial charge < -0.3 is 15.0 Å². The number of hydrogen-bond acceptors (Lipinski definition) is 3. The molecule has 0 unspecified atom stereocenters. The summed E-state index contributed by atoms with van der Waals surface area (Å²) in [6.45, 7) is 3.59. The van der Waals surface area contributed by atoms with E-state index < -0.39 is 0 Å². The van der Waals surface area contributed by atoms with Crippen molar-refractivity contribution >= 4 is 34.4 Å². The molecule has 2 heterocycles. The summed E-state index contributed by atoms with van der Waals surface area (Å²) in [6, 6.07) is 10.3. The Bertz CT molecular complexity index is 598. The number of nitrogens with zero attached hydrogens (tertiary/aromatic N) is 1. The molecule has 1 aromatic carbocycles. The van der Waals surface area contributed by atoms with Gasteiger partial charge in [0, 0.05) is 17.8 Å². The van der Waals surface area contributed by atoms with Gasteiger partial charge in [-0.25, -0.2) is 0 Å². The summed E-state index contributed by atoms with van der Waals surface area (Å²) in [5.41, 5.74) is 3.40. The number of rotatable bonds is 2. The number of thiocarbonyl (C=S) groups is 1. The highest BCUT2D eigenvalue weighted by Gasteiger charge is 2.29. The fourth-order valence-electron chi connectivity index (χ4n) is 2.29. The quantitative estimate of drug-likeness (QED) is 0.853. The molecule has 0 saturated carbocycles. The molecule has 1 N–H and O–H groups in total. The van der Waals surface area contributed by atoms with Gasteiger partial charge in [0.2, 0.25) is 0 Å². The molecule has 0 amide bonds. The van der Waals surface area contributed by atoms with E-state index >= 15 is 0 Å². The molecule has 104 valence electrons. The fourth-order valence-corrected chi connectivity index (χ4v) is 3.26. The molecular formula is C15H16N2OS2. The Hall–Kier alpha value is -1.43. The minimum atomic E-state index is -0.0638. The molecule has 0 aliphatic carbocycles. The normalized spacial score (nSPS) is 18.2. The number of aryl methyl sites for hydroxylation is 1. The molecule has 0 spiro atoms. The van der Waals surface area contributed by atoms with Crippen molar-refractivity contribution in [2.24, 2.45) is 0 Å². The maximum Gasteiger partial charge on any atom is 0.175 e. The lowest BCUT2D eigenvalue weighted by Gasteiger charge is -2.25. The van der Waals surface area contributed by atoms with E-state index in [9.17, 15) is 0 Å². The number of anilines is 1. The van der Waals surface area contributed by atoms with Crippen molar-refractivity contribution in [2.45, 2.75) is 13.2 Å². The first-order valence-corrected chi connectivity index (χ1v) is 7.87. The minimum Gasteiger partial charge on any atom is -0.352 e. The van der Waals surface area contributed by atoms with Crippen LogP contribution in [0.5, 0.6) is 0 Å². The number of benzene rings is 1. The van der Waals surface area contributed by atoms with Gasteiger partial charge in [-0.2, -0.15) is 11.3 Å².